The molecule has 1 spiro atoms. The molecule has 3 aromatic carbocycles. The number of nitro benzene ring substituents is 1. The van der Waals surface area contributed by atoms with Gasteiger partial charge in [-0.05, 0) is 157 Å². The Morgan fingerprint density at radius 2 is 1.75 bits per heavy atom. The number of carbonyl (C=O) groups is 1. The van der Waals surface area contributed by atoms with Crippen molar-refractivity contribution >= 4 is 55.4 Å². The molecule has 3 saturated heterocycles. The van der Waals surface area contributed by atoms with E-state index in [4.69, 9.17) is 19.2 Å². The minimum absolute atomic E-state index is 0.120. The summed E-state index contributed by atoms with van der Waals surface area (Å²) >= 11 is 0. The number of likely N-dealkylation sites (tertiary alicyclic amines) is 1. The van der Waals surface area contributed by atoms with Gasteiger partial charge in [0.25, 0.3) is 21.6 Å². The maximum atomic E-state index is 14.7. The highest BCUT2D eigenvalue weighted by atomic mass is 32.2. The van der Waals surface area contributed by atoms with Crippen LogP contribution in [-0.4, -0.2) is 109 Å². The summed E-state index contributed by atoms with van der Waals surface area (Å²) < 4.78 is 49.5. The average molecular weight is 1020 g/mol. The zero-order chi connectivity index (χ0) is 50.1. The van der Waals surface area contributed by atoms with Crippen LogP contribution in [0.5, 0.6) is 11.6 Å². The number of amides is 1. The van der Waals surface area contributed by atoms with Crippen LogP contribution in [0.15, 0.2) is 83.9 Å². The number of nitrogens with one attached hydrogen (secondary N) is 3. The summed E-state index contributed by atoms with van der Waals surface area (Å²) in [6, 6.07) is 22.5. The first-order chi connectivity index (χ1) is 35.3. The van der Waals surface area contributed by atoms with Gasteiger partial charge in [0, 0.05) is 67.2 Å². The van der Waals surface area contributed by atoms with Crippen LogP contribution >= 0.6 is 0 Å². The number of rotatable bonds is 13. The molecule has 7 aliphatic rings. The monoisotopic (exact) mass is 1010 g/mol. The number of ether oxygens (including phenoxy) is 3. The summed E-state index contributed by atoms with van der Waals surface area (Å²) in [6.07, 6.45) is 15.4. The SMILES string of the molecule is CC1(O)CCC(CNc2ccc(S(=O)(=O)NC(=O)c3ccc(N4CCC5(CC4)CC(N4CCCC[C@H]4c4ccccc4OC4CC4)C5)cc3N3c4cc5cc[nH]c5nc4O[C@H]4COCC[C@@H]43)cc2[N+](=O)[O-])CC1. The first kappa shape index (κ1) is 48.0. The summed E-state index contributed by atoms with van der Waals surface area (Å²) in [4.78, 5) is 41.4. The third-order valence-corrected chi connectivity index (χ3v) is 18.5. The molecule has 4 N–H and O–H groups in total. The van der Waals surface area contributed by atoms with Gasteiger partial charge in [0.05, 0.1) is 45.4 Å². The Morgan fingerprint density at radius 1 is 0.945 bits per heavy atom. The van der Waals surface area contributed by atoms with E-state index in [-0.39, 0.29) is 28.6 Å². The van der Waals surface area contributed by atoms with Gasteiger partial charge >= 0.3 is 0 Å². The number of pyridine rings is 1. The Morgan fingerprint density at radius 3 is 2.55 bits per heavy atom. The standard InChI is InChI=1S/C55H66N8O9S/c1-54(65)19-15-35(16-20-54)33-57-43-14-12-40(30-47(43)63(66)67)73(68,69)59-52(64)42-13-9-37(29-46(42)62-45-18-27-70-34-50(45)72-53-48(62)28-36-17-23-56-51(36)58-53)60-25-21-55(22-26-60)31-38(32-55)61-24-5-4-7-44(61)41-6-2-3-8-49(41)71-39-10-11-39/h2-3,6,8-9,12-14,17,23,28-30,35,38-39,44-45,50,57,65H,4-5,7,10-11,15-16,18-22,24-27,31-34H2,1H3,(H,56,58)(H,59,64)/t35?,44-,45-,50-,54?/m0/s1. The van der Waals surface area contributed by atoms with Crippen LogP contribution in [0, 0.1) is 21.4 Å². The Labute approximate surface area is 426 Å². The Balaban J connectivity index is 0.809. The zero-order valence-corrected chi connectivity index (χ0v) is 42.3. The number of hydrogen-bond donors (Lipinski definition) is 4. The summed E-state index contributed by atoms with van der Waals surface area (Å²) in [5.41, 5.74) is 3.50. The van der Waals surface area contributed by atoms with E-state index in [1.807, 2.05) is 37.4 Å². The summed E-state index contributed by atoms with van der Waals surface area (Å²) in [5.74, 6) is 0.757. The number of aromatic nitrogens is 2. The summed E-state index contributed by atoms with van der Waals surface area (Å²) in [7, 11) is -4.62. The summed E-state index contributed by atoms with van der Waals surface area (Å²) in [5, 5.41) is 26.8. The first-order valence-electron chi connectivity index (χ1n) is 26.5. The second-order valence-electron chi connectivity index (χ2n) is 22.2. The molecule has 17 nitrogen and oxygen atoms in total. The van der Waals surface area contributed by atoms with Crippen molar-refractivity contribution in [3.63, 3.8) is 0 Å². The number of nitro groups is 1. The van der Waals surface area contributed by atoms with E-state index in [0.717, 1.165) is 87.5 Å². The molecule has 6 fully saturated rings. The highest BCUT2D eigenvalue weighted by molar-refractivity contribution is 7.90. The van der Waals surface area contributed by atoms with E-state index in [1.165, 1.54) is 43.4 Å². The molecule has 386 valence electrons. The maximum Gasteiger partial charge on any atom is 0.293 e. The lowest BCUT2D eigenvalue weighted by molar-refractivity contribution is -0.384. The van der Waals surface area contributed by atoms with Crippen molar-refractivity contribution in [2.75, 3.05) is 54.5 Å². The second-order valence-corrected chi connectivity index (χ2v) is 23.9. The van der Waals surface area contributed by atoms with Crippen molar-refractivity contribution in [3.8, 4) is 11.6 Å². The van der Waals surface area contributed by atoms with Crippen LogP contribution in [0.1, 0.15) is 119 Å². The molecule has 0 unspecified atom stereocenters. The lowest BCUT2D eigenvalue weighted by atomic mass is 9.59. The number of H-pyrrole nitrogens is 1. The topological polar surface area (TPSA) is 205 Å². The number of anilines is 4. The number of aromatic amines is 1. The quantitative estimate of drug-likeness (QED) is 0.0642. The molecule has 0 radical (unpaired) electrons. The molecule has 3 saturated carbocycles. The van der Waals surface area contributed by atoms with Gasteiger partial charge in [0.15, 0.2) is 0 Å². The van der Waals surface area contributed by atoms with Crippen LogP contribution in [0.2, 0.25) is 0 Å². The van der Waals surface area contributed by atoms with Gasteiger partial charge < -0.3 is 39.4 Å². The minimum atomic E-state index is -4.62. The van der Waals surface area contributed by atoms with Crippen molar-refractivity contribution in [1.82, 2.24) is 19.6 Å². The molecule has 5 aromatic rings. The molecule has 1 amide bonds. The second kappa shape index (κ2) is 19.1. The molecular formula is C55H66N8O9S. The molecule has 73 heavy (non-hydrogen) atoms. The maximum absolute atomic E-state index is 14.7. The smallest absolute Gasteiger partial charge is 0.293 e. The zero-order valence-electron chi connectivity index (χ0n) is 41.5. The van der Waals surface area contributed by atoms with Gasteiger partial charge in [-0.1, -0.05) is 24.6 Å². The van der Waals surface area contributed by atoms with Crippen LogP contribution in [-0.2, 0) is 14.8 Å². The van der Waals surface area contributed by atoms with Crippen LogP contribution in [0.4, 0.5) is 28.4 Å². The molecule has 4 aliphatic heterocycles. The fourth-order valence-corrected chi connectivity index (χ4v) is 13.8. The van der Waals surface area contributed by atoms with Gasteiger partial charge in [-0.15, -0.1) is 0 Å². The molecular weight excluding hydrogens is 949 g/mol. The lowest BCUT2D eigenvalue weighted by Gasteiger charge is -2.57. The van der Waals surface area contributed by atoms with Crippen LogP contribution in [0.3, 0.4) is 0 Å². The van der Waals surface area contributed by atoms with E-state index in [0.29, 0.717) is 80.1 Å². The van der Waals surface area contributed by atoms with Crippen LogP contribution in [0.25, 0.3) is 11.0 Å². The van der Waals surface area contributed by atoms with Crippen molar-refractivity contribution in [1.29, 1.82) is 0 Å². The van der Waals surface area contributed by atoms with Gasteiger partial charge in [-0.2, -0.15) is 4.98 Å². The van der Waals surface area contributed by atoms with E-state index in [9.17, 15) is 28.4 Å². The molecule has 18 heteroatoms. The Bertz CT molecular complexity index is 3010. The fourth-order valence-electron chi connectivity index (χ4n) is 12.8. The van der Waals surface area contributed by atoms with E-state index < -0.39 is 43.1 Å². The molecule has 0 bridgehead atoms. The largest absolute Gasteiger partial charge is 0.490 e. The average Bonchev–Trinajstić information content (AvgIpc) is 4.09. The number of para-hydroxylation sites is 1. The van der Waals surface area contributed by atoms with Crippen LogP contribution < -0.4 is 29.3 Å². The number of sulfonamides is 1. The van der Waals surface area contributed by atoms with Crippen molar-refractivity contribution < 1.29 is 37.5 Å². The molecule has 3 atom stereocenters. The van der Waals surface area contributed by atoms with Crippen molar-refractivity contribution in [2.24, 2.45) is 11.3 Å². The number of benzene rings is 3. The molecule has 3 aliphatic carbocycles. The predicted molar refractivity (Wildman–Crippen MR) is 277 cm³/mol. The highest BCUT2D eigenvalue weighted by Crippen LogP contribution is 2.55. The van der Waals surface area contributed by atoms with Gasteiger partial charge in [0.2, 0.25) is 5.88 Å². The predicted octanol–water partition coefficient (Wildman–Crippen LogP) is 9.15. The van der Waals surface area contributed by atoms with Crippen molar-refractivity contribution in [3.05, 3.63) is 100 Å². The number of aliphatic hydroxyl groups is 1. The number of carbonyl (C=O) groups excluding carboxylic acids is 1. The Hall–Kier alpha value is -5.95. The molecule has 12 rings (SSSR count). The number of piperidine rings is 2. The molecule has 2 aromatic heterocycles. The lowest BCUT2D eigenvalue weighted by Crippen LogP contribution is -2.56. The van der Waals surface area contributed by atoms with E-state index in [2.05, 4.69) is 54.0 Å². The third kappa shape index (κ3) is 9.59. The van der Waals surface area contributed by atoms with Crippen molar-refractivity contribution in [2.45, 2.75) is 138 Å². The minimum Gasteiger partial charge on any atom is -0.490 e. The van der Waals surface area contributed by atoms with Gasteiger partial charge in [-0.25, -0.2) is 13.1 Å². The highest BCUT2D eigenvalue weighted by Gasteiger charge is 2.50. The van der Waals surface area contributed by atoms with Gasteiger partial charge in [-0.3, -0.25) is 19.8 Å². The number of hydrogen-bond acceptors (Lipinski definition) is 14. The van der Waals surface area contributed by atoms with Gasteiger partial charge in [0.1, 0.15) is 28.9 Å². The number of fused-ring (bicyclic) bond motifs is 3. The van der Waals surface area contributed by atoms with E-state index in [1.54, 1.807) is 6.07 Å². The molecule has 6 heterocycles. The first-order valence-corrected chi connectivity index (χ1v) is 28.0. The third-order valence-electron chi connectivity index (χ3n) is 17.2. The van der Waals surface area contributed by atoms with E-state index >= 15 is 0 Å². The normalized spacial score (nSPS) is 26.3. The number of nitrogens with zero attached hydrogens (tertiary/aromatic N) is 5. The fraction of sp³-hybridized carbons (Fsp3) is 0.527. The Kier molecular flexibility index (Phi) is 12.5. The summed E-state index contributed by atoms with van der Waals surface area (Å²) in [6.45, 7) is 5.82.